The third kappa shape index (κ3) is 6.04. The zero-order chi connectivity index (χ0) is 31.1. The van der Waals surface area contributed by atoms with Crippen molar-refractivity contribution in [1.29, 1.82) is 0 Å². The Balaban J connectivity index is 0.00000372. The van der Waals surface area contributed by atoms with E-state index in [0.29, 0.717) is 17.4 Å². The van der Waals surface area contributed by atoms with Gasteiger partial charge in [0.1, 0.15) is 5.82 Å². The van der Waals surface area contributed by atoms with Gasteiger partial charge in [0, 0.05) is 35.0 Å². The first-order valence-corrected chi connectivity index (χ1v) is 15.6. The number of rotatable bonds is 8. The molecule has 0 N–H and O–H groups in total. The van der Waals surface area contributed by atoms with Crippen LogP contribution in [-0.2, 0) is 33.9 Å². The van der Waals surface area contributed by atoms with Gasteiger partial charge in [-0.2, -0.15) is 17.2 Å². The maximum Gasteiger partial charge on any atom is 2.00 e. The van der Waals surface area contributed by atoms with Crippen molar-refractivity contribution in [1.82, 2.24) is 19.3 Å². The number of fused-ring (bicyclic) bond motifs is 3. The van der Waals surface area contributed by atoms with Crippen molar-refractivity contribution in [2.45, 2.75) is 47.5 Å². The standard InChI is InChI=1S/C40H36N4O.Pt/c1-6-30-21-29(18-26(2)3)20-28(5)40(30)31-24-42-43(25-31)32-10-9-11-33(22-32)45-34-14-15-36-35-12-7-8-13-37(35)44(38(36)23-34)39-19-27(4)16-17-41-39;/h7-17,19-21,24-26H,6,18H2,1-5H3;/q-2;+2. The molecule has 6 heteroatoms. The van der Waals surface area contributed by atoms with Crippen LogP contribution < -0.4 is 4.74 Å². The van der Waals surface area contributed by atoms with Gasteiger partial charge < -0.3 is 9.30 Å². The number of pyridine rings is 1. The van der Waals surface area contributed by atoms with Crippen LogP contribution in [0, 0.1) is 31.9 Å². The molecule has 0 aliphatic heterocycles. The number of ether oxygens (including phenoxy) is 1. The number of para-hydroxylation sites is 1. The minimum Gasteiger partial charge on any atom is -0.509 e. The average molecular weight is 784 g/mol. The van der Waals surface area contributed by atoms with E-state index < -0.39 is 0 Å². The Morgan fingerprint density at radius 1 is 0.870 bits per heavy atom. The minimum absolute atomic E-state index is 0. The molecule has 3 aromatic heterocycles. The van der Waals surface area contributed by atoms with Crippen LogP contribution in [0.1, 0.15) is 43.0 Å². The smallest absolute Gasteiger partial charge is 0.509 e. The Bertz CT molecular complexity index is 2170. The van der Waals surface area contributed by atoms with Gasteiger partial charge in [-0.05, 0) is 89.7 Å². The SMILES string of the molecule is CCc1cc(CC(C)C)cc(C)c1-c1cnn(-c2[c-]c(Oc3[c-]c4c(cc3)c3ccccc3n4-c3cc(C)ccn3)ccc2)c1.[Pt+2]. The molecule has 0 fully saturated rings. The van der Waals surface area contributed by atoms with E-state index >= 15 is 0 Å². The van der Waals surface area contributed by atoms with Crippen molar-refractivity contribution in [3.63, 3.8) is 0 Å². The third-order valence-electron chi connectivity index (χ3n) is 8.28. The first kappa shape index (κ1) is 31.5. The van der Waals surface area contributed by atoms with Gasteiger partial charge in [-0.1, -0.05) is 56.6 Å². The van der Waals surface area contributed by atoms with E-state index in [1.54, 1.807) is 0 Å². The first-order chi connectivity index (χ1) is 21.9. The number of aromatic nitrogens is 4. The Kier molecular flexibility index (Phi) is 8.97. The van der Waals surface area contributed by atoms with Crippen LogP contribution >= 0.6 is 0 Å². The molecule has 46 heavy (non-hydrogen) atoms. The summed E-state index contributed by atoms with van der Waals surface area (Å²) in [5.41, 5.74) is 10.4. The molecular formula is C40H36N4OPt. The van der Waals surface area contributed by atoms with Crippen molar-refractivity contribution >= 4 is 21.8 Å². The van der Waals surface area contributed by atoms with Crippen LogP contribution in [0.2, 0.25) is 0 Å². The topological polar surface area (TPSA) is 44.9 Å². The van der Waals surface area contributed by atoms with Crippen molar-refractivity contribution in [2.75, 3.05) is 0 Å². The maximum absolute atomic E-state index is 6.37. The second-order valence-electron chi connectivity index (χ2n) is 12.2. The summed E-state index contributed by atoms with van der Waals surface area (Å²) in [6.07, 6.45) is 7.95. The van der Waals surface area contributed by atoms with Gasteiger partial charge in [0.05, 0.1) is 6.20 Å². The predicted molar refractivity (Wildman–Crippen MR) is 183 cm³/mol. The first-order valence-electron chi connectivity index (χ1n) is 15.6. The Hall–Kier alpha value is -4.47. The molecule has 4 aromatic carbocycles. The summed E-state index contributed by atoms with van der Waals surface area (Å²) < 4.78 is 10.4. The predicted octanol–water partition coefficient (Wildman–Crippen LogP) is 9.80. The van der Waals surface area contributed by atoms with Crippen molar-refractivity contribution < 1.29 is 25.8 Å². The molecule has 0 radical (unpaired) electrons. The number of hydrogen-bond acceptors (Lipinski definition) is 3. The molecule has 232 valence electrons. The van der Waals surface area contributed by atoms with Gasteiger partial charge in [0.25, 0.3) is 0 Å². The quantitative estimate of drug-likeness (QED) is 0.144. The van der Waals surface area contributed by atoms with Crippen LogP contribution in [-0.4, -0.2) is 19.3 Å². The molecule has 0 aliphatic rings. The second-order valence-corrected chi connectivity index (χ2v) is 12.2. The number of benzene rings is 4. The van der Waals surface area contributed by atoms with Crippen LogP contribution in [0.5, 0.6) is 11.5 Å². The molecule has 3 heterocycles. The summed E-state index contributed by atoms with van der Waals surface area (Å²) in [6.45, 7) is 11.1. The monoisotopic (exact) mass is 783 g/mol. The van der Waals surface area contributed by atoms with Crippen molar-refractivity contribution in [2.24, 2.45) is 5.92 Å². The van der Waals surface area contributed by atoms with Crippen LogP contribution in [0.4, 0.5) is 0 Å². The van der Waals surface area contributed by atoms with Gasteiger partial charge in [0.2, 0.25) is 0 Å². The fourth-order valence-corrected chi connectivity index (χ4v) is 6.37. The van der Waals surface area contributed by atoms with E-state index in [9.17, 15) is 0 Å². The fraction of sp³-hybridized carbons (Fsp3) is 0.200. The third-order valence-corrected chi connectivity index (χ3v) is 8.28. The molecule has 7 rings (SSSR count). The summed E-state index contributed by atoms with van der Waals surface area (Å²) >= 11 is 0. The molecule has 7 aromatic rings. The molecule has 0 amide bonds. The van der Waals surface area contributed by atoms with Crippen LogP contribution in [0.3, 0.4) is 0 Å². The minimum atomic E-state index is 0. The van der Waals surface area contributed by atoms with E-state index in [-0.39, 0.29) is 21.1 Å². The summed E-state index contributed by atoms with van der Waals surface area (Å²) in [6, 6.07) is 34.1. The summed E-state index contributed by atoms with van der Waals surface area (Å²) in [5.74, 6) is 2.69. The van der Waals surface area contributed by atoms with Gasteiger partial charge in [0.15, 0.2) is 0 Å². The van der Waals surface area contributed by atoms with E-state index in [0.717, 1.165) is 57.3 Å². The molecule has 0 aliphatic carbocycles. The molecule has 5 nitrogen and oxygen atoms in total. The van der Waals surface area contributed by atoms with Crippen LogP contribution in [0.25, 0.3) is 44.4 Å². The number of aryl methyl sites for hydroxylation is 3. The molecule has 0 saturated carbocycles. The Morgan fingerprint density at radius 2 is 1.70 bits per heavy atom. The summed E-state index contributed by atoms with van der Waals surface area (Å²) in [4.78, 5) is 4.68. The van der Waals surface area contributed by atoms with Gasteiger partial charge >= 0.3 is 21.1 Å². The molecule has 0 unspecified atom stereocenters. The average Bonchev–Trinajstić information content (AvgIpc) is 3.63. The van der Waals surface area contributed by atoms with E-state index in [1.807, 2.05) is 47.4 Å². The Labute approximate surface area is 285 Å². The van der Waals surface area contributed by atoms with Gasteiger partial charge in [-0.25, -0.2) is 4.98 Å². The van der Waals surface area contributed by atoms with Crippen molar-refractivity contribution in [3.05, 3.63) is 132 Å². The summed E-state index contributed by atoms with van der Waals surface area (Å²) in [7, 11) is 0. The fourth-order valence-electron chi connectivity index (χ4n) is 6.37. The van der Waals surface area contributed by atoms with Gasteiger partial charge in [-0.3, -0.25) is 4.68 Å². The summed E-state index contributed by atoms with van der Waals surface area (Å²) in [5, 5.41) is 6.98. The zero-order valence-corrected chi connectivity index (χ0v) is 29.0. The molecular weight excluding hydrogens is 748 g/mol. The maximum atomic E-state index is 6.37. The largest absolute Gasteiger partial charge is 2.00 e. The molecule has 0 bridgehead atoms. The van der Waals surface area contributed by atoms with E-state index in [4.69, 9.17) is 9.84 Å². The molecule has 0 atom stereocenters. The number of nitrogens with zero attached hydrogens (tertiary/aromatic N) is 4. The second kappa shape index (κ2) is 13.1. The normalized spacial score (nSPS) is 11.3. The molecule has 0 saturated heterocycles. The molecule has 0 spiro atoms. The van der Waals surface area contributed by atoms with E-state index in [2.05, 4.69) is 111 Å². The van der Waals surface area contributed by atoms with Gasteiger partial charge in [-0.15, -0.1) is 35.7 Å². The van der Waals surface area contributed by atoms with Crippen LogP contribution in [0.15, 0.2) is 97.5 Å². The Morgan fingerprint density at radius 3 is 2.50 bits per heavy atom. The van der Waals surface area contributed by atoms with E-state index in [1.165, 1.54) is 22.3 Å². The zero-order valence-electron chi connectivity index (χ0n) is 26.7. The van der Waals surface area contributed by atoms with Crippen molar-refractivity contribution in [3.8, 4) is 34.1 Å². The number of hydrogen-bond donors (Lipinski definition) is 0.